The normalized spacial score (nSPS) is 23.5. The van der Waals surface area contributed by atoms with Crippen LogP contribution in [0.2, 0.25) is 0 Å². The first-order valence-electron chi connectivity index (χ1n) is 11.3. The fourth-order valence-electron chi connectivity index (χ4n) is 5.35. The van der Waals surface area contributed by atoms with Crippen LogP contribution in [0.25, 0.3) is 0 Å². The molecule has 1 saturated carbocycles. The highest BCUT2D eigenvalue weighted by molar-refractivity contribution is 5.93. The molecule has 0 bridgehead atoms. The zero-order valence-corrected chi connectivity index (χ0v) is 19.3. The van der Waals surface area contributed by atoms with Crippen LogP contribution in [0.3, 0.4) is 0 Å². The minimum atomic E-state index is -4.42. The van der Waals surface area contributed by atoms with Gasteiger partial charge in [-0.1, -0.05) is 19.8 Å². The van der Waals surface area contributed by atoms with Gasteiger partial charge < -0.3 is 19.5 Å². The molecule has 3 rings (SSSR count). The zero-order valence-electron chi connectivity index (χ0n) is 19.3. The summed E-state index contributed by atoms with van der Waals surface area (Å²) in [7, 11) is 3.21. The molecule has 2 amide bonds. The van der Waals surface area contributed by atoms with E-state index in [0.717, 1.165) is 12.8 Å². The summed E-state index contributed by atoms with van der Waals surface area (Å²) in [6, 6.07) is 2.73. The average molecular weight is 472 g/mol. The molecule has 1 aromatic rings. The maximum atomic E-state index is 12.8. The second kappa shape index (κ2) is 9.12. The molecule has 0 radical (unpaired) electrons. The lowest BCUT2D eigenvalue weighted by atomic mass is 9.65. The molecule has 7 nitrogen and oxygen atoms in total. The van der Waals surface area contributed by atoms with Crippen molar-refractivity contribution in [1.29, 1.82) is 0 Å². The summed E-state index contributed by atoms with van der Waals surface area (Å²) in [5, 5.41) is 11.8. The third-order valence-electron chi connectivity index (χ3n) is 7.18. The minimum Gasteiger partial charge on any atom is -0.387 e. The predicted molar refractivity (Wildman–Crippen MR) is 116 cm³/mol. The smallest absolute Gasteiger partial charge is 0.387 e. The minimum absolute atomic E-state index is 0.0412. The van der Waals surface area contributed by atoms with Crippen molar-refractivity contribution in [2.45, 2.75) is 63.8 Å². The quantitative estimate of drug-likeness (QED) is 0.716. The molecule has 0 aromatic carbocycles. The summed E-state index contributed by atoms with van der Waals surface area (Å²) in [6.07, 6.45) is -1.12. The highest BCUT2D eigenvalue weighted by Crippen LogP contribution is 2.51. The van der Waals surface area contributed by atoms with E-state index in [-0.39, 0.29) is 37.5 Å². The summed E-state index contributed by atoms with van der Waals surface area (Å²) < 4.78 is 39.7. The lowest BCUT2D eigenvalue weighted by Crippen LogP contribution is -2.62. The number of aromatic nitrogens is 1. The lowest BCUT2D eigenvalue weighted by molar-refractivity contribution is -0.172. The molecule has 0 unspecified atom stereocenters. The lowest BCUT2D eigenvalue weighted by Gasteiger charge is -2.52. The highest BCUT2D eigenvalue weighted by atomic mass is 19.4. The van der Waals surface area contributed by atoms with Crippen molar-refractivity contribution in [3.8, 4) is 0 Å². The standard InChI is InChI=1S/C23H32F3N3O4/c1-16(12-23(24,25)26)19(31)28-11-10-22(33,21(14-28)8-4-5-9-21)15-29-13-17(6-7-18(29)30)20(32)27(2)3/h6-7,13,16,33H,4-5,8-12,14-15H2,1-3H3/t16-,22-/m1/s1. The van der Waals surface area contributed by atoms with Crippen LogP contribution in [-0.2, 0) is 11.3 Å². The monoisotopic (exact) mass is 471 g/mol. The number of carbonyl (C=O) groups is 2. The molecular formula is C23H32F3N3O4. The largest absolute Gasteiger partial charge is 0.389 e. The summed E-state index contributed by atoms with van der Waals surface area (Å²) in [5.74, 6) is -2.02. The first kappa shape index (κ1) is 25.3. The summed E-state index contributed by atoms with van der Waals surface area (Å²) >= 11 is 0. The van der Waals surface area contributed by atoms with Crippen molar-refractivity contribution >= 4 is 11.8 Å². The van der Waals surface area contributed by atoms with E-state index in [0.29, 0.717) is 18.4 Å². The number of hydrogen-bond acceptors (Lipinski definition) is 4. The van der Waals surface area contributed by atoms with Gasteiger partial charge in [-0.2, -0.15) is 13.2 Å². The van der Waals surface area contributed by atoms with E-state index < -0.39 is 35.4 Å². The number of pyridine rings is 1. The van der Waals surface area contributed by atoms with Gasteiger partial charge in [-0.05, 0) is 25.3 Å². The van der Waals surface area contributed by atoms with E-state index >= 15 is 0 Å². The van der Waals surface area contributed by atoms with E-state index in [1.807, 2.05) is 0 Å². The number of hydrogen-bond donors (Lipinski definition) is 1. The molecule has 1 aromatic heterocycles. The molecule has 1 aliphatic heterocycles. The van der Waals surface area contributed by atoms with Crippen molar-refractivity contribution in [3.63, 3.8) is 0 Å². The zero-order chi connectivity index (χ0) is 24.6. The molecule has 2 atom stereocenters. The van der Waals surface area contributed by atoms with Crippen LogP contribution in [0.1, 0.15) is 55.8 Å². The summed E-state index contributed by atoms with van der Waals surface area (Å²) in [4.78, 5) is 40.5. The van der Waals surface area contributed by atoms with Gasteiger partial charge >= 0.3 is 6.18 Å². The maximum absolute atomic E-state index is 12.8. The van der Waals surface area contributed by atoms with E-state index in [1.54, 1.807) is 14.1 Å². The van der Waals surface area contributed by atoms with E-state index in [4.69, 9.17) is 0 Å². The molecule has 2 aliphatic rings. The Hall–Kier alpha value is -2.36. The molecule has 1 saturated heterocycles. The number of rotatable bonds is 5. The summed E-state index contributed by atoms with van der Waals surface area (Å²) in [6.45, 7) is 1.52. The van der Waals surface area contributed by atoms with Gasteiger partial charge in [0.2, 0.25) is 5.91 Å². The SMILES string of the molecule is C[C@H](CC(F)(F)F)C(=O)N1CC[C@@](O)(Cn2cc(C(=O)N(C)C)ccc2=O)C2(CCCC2)C1. The Morgan fingerprint density at radius 2 is 1.82 bits per heavy atom. The van der Waals surface area contributed by atoms with Gasteiger partial charge in [0.05, 0.1) is 24.1 Å². The van der Waals surface area contributed by atoms with Gasteiger partial charge in [-0.15, -0.1) is 0 Å². The van der Waals surface area contributed by atoms with Gasteiger partial charge in [0.1, 0.15) is 0 Å². The Kier molecular flexibility index (Phi) is 6.98. The number of alkyl halides is 3. The van der Waals surface area contributed by atoms with E-state index in [9.17, 15) is 32.7 Å². The van der Waals surface area contributed by atoms with E-state index in [1.165, 1.54) is 39.6 Å². The third-order valence-corrected chi connectivity index (χ3v) is 7.18. The molecular weight excluding hydrogens is 439 g/mol. The van der Waals surface area contributed by atoms with Gasteiger partial charge in [-0.25, -0.2) is 0 Å². The van der Waals surface area contributed by atoms with Crippen LogP contribution in [0, 0.1) is 11.3 Å². The fourth-order valence-corrected chi connectivity index (χ4v) is 5.35. The van der Waals surface area contributed by atoms with Gasteiger partial charge in [0.25, 0.3) is 11.5 Å². The van der Waals surface area contributed by atoms with Gasteiger partial charge in [-0.3, -0.25) is 14.4 Å². The Balaban J connectivity index is 1.86. The van der Waals surface area contributed by atoms with Crippen LogP contribution in [0.15, 0.2) is 23.1 Å². The Bertz CT molecular complexity index is 953. The average Bonchev–Trinajstić information content (AvgIpc) is 3.19. The molecule has 10 heteroatoms. The van der Waals surface area contributed by atoms with Gasteiger partial charge in [0, 0.05) is 50.8 Å². The molecule has 33 heavy (non-hydrogen) atoms. The number of halogens is 3. The van der Waals surface area contributed by atoms with Crippen LogP contribution >= 0.6 is 0 Å². The van der Waals surface area contributed by atoms with E-state index in [2.05, 4.69) is 0 Å². The van der Waals surface area contributed by atoms with Crippen LogP contribution < -0.4 is 5.56 Å². The highest BCUT2D eigenvalue weighted by Gasteiger charge is 2.56. The van der Waals surface area contributed by atoms with Crippen molar-refractivity contribution in [3.05, 3.63) is 34.2 Å². The molecule has 1 spiro atoms. The summed E-state index contributed by atoms with van der Waals surface area (Å²) in [5.41, 5.74) is -2.07. The number of carbonyl (C=O) groups excluding carboxylic acids is 2. The van der Waals surface area contributed by atoms with Crippen LogP contribution in [0.4, 0.5) is 13.2 Å². The molecule has 184 valence electrons. The fraction of sp³-hybridized carbons (Fsp3) is 0.696. The number of amides is 2. The number of piperidine rings is 1. The number of nitrogens with zero attached hydrogens (tertiary/aromatic N) is 3. The number of aliphatic hydroxyl groups is 1. The maximum Gasteiger partial charge on any atom is 0.389 e. The Morgan fingerprint density at radius 1 is 1.18 bits per heavy atom. The second-order valence-corrected chi connectivity index (χ2v) is 9.83. The molecule has 1 aliphatic carbocycles. The van der Waals surface area contributed by atoms with Crippen molar-refractivity contribution in [2.75, 3.05) is 27.2 Å². The second-order valence-electron chi connectivity index (χ2n) is 9.83. The topological polar surface area (TPSA) is 82.8 Å². The van der Waals surface area contributed by atoms with Crippen molar-refractivity contribution in [2.24, 2.45) is 11.3 Å². The Morgan fingerprint density at radius 3 is 2.39 bits per heavy atom. The first-order valence-corrected chi connectivity index (χ1v) is 11.3. The molecule has 2 fully saturated rings. The van der Waals surface area contributed by atoms with Crippen molar-refractivity contribution in [1.82, 2.24) is 14.4 Å². The molecule has 2 heterocycles. The third kappa shape index (κ3) is 5.26. The van der Waals surface area contributed by atoms with Crippen LogP contribution in [-0.4, -0.2) is 70.3 Å². The van der Waals surface area contributed by atoms with Gasteiger partial charge in [0.15, 0.2) is 0 Å². The Labute approximate surface area is 191 Å². The predicted octanol–water partition coefficient (Wildman–Crippen LogP) is 2.66. The molecule has 1 N–H and O–H groups in total. The van der Waals surface area contributed by atoms with Crippen molar-refractivity contribution < 1.29 is 27.9 Å². The first-order chi connectivity index (χ1) is 15.3. The van der Waals surface area contributed by atoms with Crippen LogP contribution in [0.5, 0.6) is 0 Å². The number of likely N-dealkylation sites (tertiary alicyclic amines) is 1.